The second-order valence-corrected chi connectivity index (χ2v) is 21.9. The van der Waals surface area contributed by atoms with E-state index in [0.717, 1.165) is 45.6 Å². The van der Waals surface area contributed by atoms with Gasteiger partial charge in [-0.25, -0.2) is 8.37 Å². The van der Waals surface area contributed by atoms with Crippen LogP contribution in [-0.2, 0) is 76.8 Å². The van der Waals surface area contributed by atoms with Crippen molar-refractivity contribution >= 4 is 44.3 Å². The molecule has 9 N–H and O–H groups in total. The summed E-state index contributed by atoms with van der Waals surface area (Å²) in [5.41, 5.74) is 0. The van der Waals surface area contributed by atoms with E-state index in [4.69, 9.17) is 33.0 Å². The maximum atomic E-state index is 14.1. The van der Waals surface area contributed by atoms with Crippen LogP contribution in [0.2, 0.25) is 0 Å². The number of aliphatic hydroxyl groups is 5. The van der Waals surface area contributed by atoms with Gasteiger partial charge in [0, 0.05) is 46.0 Å². The van der Waals surface area contributed by atoms with Crippen LogP contribution in [0.15, 0.2) is 0 Å². The van der Waals surface area contributed by atoms with E-state index in [2.05, 4.69) is 19.0 Å². The van der Waals surface area contributed by atoms with E-state index in [1.165, 1.54) is 13.8 Å². The molecule has 5 fully saturated rings. The first kappa shape index (κ1) is 61.2. The van der Waals surface area contributed by atoms with Gasteiger partial charge in [0.05, 0.1) is 31.5 Å². The van der Waals surface area contributed by atoms with E-state index < -0.39 is 150 Å². The molecule has 2 saturated carbocycles. The number of carbonyl (C=O) groups excluding carboxylic acids is 4. The zero-order valence-corrected chi connectivity index (χ0v) is 43.4. The Kier molecular flexibility index (Phi) is 23.6. The molecule has 0 spiro atoms. The molecule has 3 saturated heterocycles. The van der Waals surface area contributed by atoms with Gasteiger partial charge in [0.1, 0.15) is 60.7 Å². The number of nitrogens with zero attached hydrogens (tertiary/aromatic N) is 1. The molecule has 3 amide bonds. The number of methoxy groups -OCH3 is 1. The molecule has 3 aliphatic heterocycles. The number of ether oxygens (including phenoxy) is 6. The summed E-state index contributed by atoms with van der Waals surface area (Å²) in [5.74, 6) is -3.23. The van der Waals surface area contributed by atoms with E-state index in [1.54, 1.807) is 4.90 Å². The van der Waals surface area contributed by atoms with E-state index >= 15 is 0 Å². The fourth-order valence-corrected chi connectivity index (χ4v) is 11.3. The highest BCUT2D eigenvalue weighted by Crippen LogP contribution is 2.41. The Bertz CT molecular complexity index is 2010. The van der Waals surface area contributed by atoms with Gasteiger partial charge in [0.2, 0.25) is 5.91 Å². The summed E-state index contributed by atoms with van der Waals surface area (Å²) < 4.78 is 109. The van der Waals surface area contributed by atoms with Crippen molar-refractivity contribution in [1.29, 1.82) is 0 Å². The Labute approximate surface area is 426 Å². The van der Waals surface area contributed by atoms with Crippen LogP contribution < -0.4 is 10.6 Å². The summed E-state index contributed by atoms with van der Waals surface area (Å²) in [6, 6.07) is -1.28. The van der Waals surface area contributed by atoms with Crippen molar-refractivity contribution in [2.45, 2.75) is 203 Å². The van der Waals surface area contributed by atoms with E-state index in [0.29, 0.717) is 38.8 Å². The molecule has 26 nitrogen and oxygen atoms in total. The molecule has 3 heterocycles. The summed E-state index contributed by atoms with van der Waals surface area (Å²) in [6.45, 7) is 4.04. The molecule has 5 rings (SSSR count). The second kappa shape index (κ2) is 28.1. The first-order valence-corrected chi connectivity index (χ1v) is 27.9. The minimum atomic E-state index is -5.34. The Morgan fingerprint density at radius 2 is 1.49 bits per heavy atom. The minimum absolute atomic E-state index is 0.0225. The van der Waals surface area contributed by atoms with Crippen LogP contribution in [0.1, 0.15) is 111 Å². The van der Waals surface area contributed by atoms with Crippen LogP contribution in [0, 0.1) is 17.8 Å². The average Bonchev–Trinajstić information content (AvgIpc) is 3.30. The fourth-order valence-electron chi connectivity index (χ4n) is 10.4. The number of aliphatic hydroxyl groups excluding tert-OH is 5. The maximum absolute atomic E-state index is 14.1. The molecule has 0 aromatic heterocycles. The lowest BCUT2D eigenvalue weighted by molar-refractivity contribution is -0.338. The predicted molar refractivity (Wildman–Crippen MR) is 250 cm³/mol. The fraction of sp³-hybridized carbons (Fsp3) is 0.911. The van der Waals surface area contributed by atoms with E-state index in [1.807, 2.05) is 6.92 Å². The SMILES string of the molecule is CCC1CC(C(=O)CCCCCNC(=O)[C@@H](OS(=O)(=O)O)[C@H](COC)OS(=O)(=O)O)C[C@@H](O[C@@H]2O[C@@H](CO)[C@H](O)C(O[C@@H](CC3CCCCC3)C(=O)N3CCC3)C2NC(C)=O)[C@@H]1O[C@@H]1OC(C)[C@@H](O)[C@H](O)C1O. The third kappa shape index (κ3) is 17.7. The molecule has 6 unspecified atom stereocenters. The Morgan fingerprint density at radius 1 is 0.808 bits per heavy atom. The van der Waals surface area contributed by atoms with E-state index in [-0.39, 0.29) is 49.8 Å². The summed E-state index contributed by atoms with van der Waals surface area (Å²) in [7, 11) is -9.53. The van der Waals surface area contributed by atoms with Gasteiger partial charge < -0.3 is 69.5 Å². The summed E-state index contributed by atoms with van der Waals surface area (Å²) >= 11 is 0. The van der Waals surface area contributed by atoms with Crippen LogP contribution in [0.25, 0.3) is 0 Å². The molecule has 422 valence electrons. The van der Waals surface area contributed by atoms with E-state index in [9.17, 15) is 66.1 Å². The van der Waals surface area contributed by atoms with Crippen LogP contribution >= 0.6 is 0 Å². The monoisotopic (exact) mass is 1090 g/mol. The van der Waals surface area contributed by atoms with Crippen molar-refractivity contribution in [3.63, 3.8) is 0 Å². The third-order valence-corrected chi connectivity index (χ3v) is 15.3. The zero-order chi connectivity index (χ0) is 53.8. The number of likely N-dealkylation sites (tertiary alicyclic amines) is 1. The second-order valence-electron chi connectivity index (χ2n) is 19.8. The first-order valence-electron chi connectivity index (χ1n) is 25.2. The molecule has 5 aliphatic rings. The number of carbonyl (C=O) groups is 4. The molecule has 28 heteroatoms. The van der Waals surface area contributed by atoms with Gasteiger partial charge in [-0.1, -0.05) is 51.9 Å². The first-order chi connectivity index (χ1) is 34.4. The van der Waals surface area contributed by atoms with Gasteiger partial charge in [-0.2, -0.15) is 16.8 Å². The minimum Gasteiger partial charge on any atom is -0.394 e. The Balaban J connectivity index is 1.34. The molecule has 0 aromatic rings. The van der Waals surface area contributed by atoms with Gasteiger partial charge in [-0.05, 0) is 57.3 Å². The number of hydrogen-bond acceptors (Lipinski definition) is 21. The topological polar surface area (TPSA) is 379 Å². The predicted octanol–water partition coefficient (Wildman–Crippen LogP) is -1.17. The van der Waals surface area contributed by atoms with Crippen LogP contribution in [0.5, 0.6) is 0 Å². The molecular formula is C45H77N3O23S2. The van der Waals surface area contributed by atoms with Crippen LogP contribution in [0.3, 0.4) is 0 Å². The molecular weight excluding hydrogens is 1010 g/mol. The molecule has 2 aliphatic carbocycles. The van der Waals surface area contributed by atoms with Crippen molar-refractivity contribution in [2.24, 2.45) is 17.8 Å². The Hall–Kier alpha value is -2.62. The van der Waals surface area contributed by atoms with Crippen molar-refractivity contribution in [2.75, 3.05) is 40.0 Å². The smallest absolute Gasteiger partial charge is 0.394 e. The number of ketones is 1. The summed E-state index contributed by atoms with van der Waals surface area (Å²) in [5, 5.41) is 59.7. The molecule has 0 bridgehead atoms. The van der Waals surface area contributed by atoms with Crippen molar-refractivity contribution in [3.05, 3.63) is 0 Å². The van der Waals surface area contributed by atoms with Gasteiger partial charge in [-0.3, -0.25) is 28.3 Å². The number of hydrogen-bond donors (Lipinski definition) is 9. The molecule has 17 atom stereocenters. The highest BCUT2D eigenvalue weighted by molar-refractivity contribution is 7.81. The van der Waals surface area contributed by atoms with Gasteiger partial charge in [0.25, 0.3) is 11.8 Å². The lowest BCUT2D eigenvalue weighted by atomic mass is 9.74. The summed E-state index contributed by atoms with van der Waals surface area (Å²) in [4.78, 5) is 55.7. The number of unbranched alkanes of at least 4 members (excludes halogenated alkanes) is 2. The number of Topliss-reactive ketones (excluding diaryl/α,β-unsaturated/α-hetero) is 1. The maximum Gasteiger partial charge on any atom is 0.398 e. The highest BCUT2D eigenvalue weighted by Gasteiger charge is 2.53. The quantitative estimate of drug-likeness (QED) is 0.0346. The van der Waals surface area contributed by atoms with Crippen molar-refractivity contribution in [3.8, 4) is 0 Å². The van der Waals surface area contributed by atoms with Crippen LogP contribution in [0.4, 0.5) is 0 Å². The Morgan fingerprint density at radius 3 is 2.08 bits per heavy atom. The molecule has 0 radical (unpaired) electrons. The lowest BCUT2D eigenvalue weighted by Crippen LogP contribution is -2.67. The van der Waals surface area contributed by atoms with Crippen LogP contribution in [-0.4, -0.2) is 212 Å². The normalized spacial score (nSPS) is 33.8. The average molecular weight is 1090 g/mol. The van der Waals surface area contributed by atoms with Gasteiger partial charge >= 0.3 is 20.8 Å². The number of rotatable bonds is 27. The largest absolute Gasteiger partial charge is 0.398 e. The van der Waals surface area contributed by atoms with Gasteiger partial charge in [0.15, 0.2) is 18.7 Å². The number of amides is 3. The lowest BCUT2D eigenvalue weighted by Gasteiger charge is -2.49. The van der Waals surface area contributed by atoms with Gasteiger partial charge in [-0.15, -0.1) is 0 Å². The molecule has 0 aromatic carbocycles. The molecule has 73 heavy (non-hydrogen) atoms. The number of nitrogens with one attached hydrogen (secondary N) is 2. The zero-order valence-electron chi connectivity index (χ0n) is 41.8. The highest BCUT2D eigenvalue weighted by atomic mass is 32.3. The van der Waals surface area contributed by atoms with Crippen molar-refractivity contribution in [1.82, 2.24) is 15.5 Å². The standard InChI is InChI=1S/C45H77N3O23S2/c1-5-27-20-28(29(51)15-10-7-11-16-46-42(56)40(71-73(61,62)63)33(23-64-4)70-72(58,59)60)21-30(39(27)69-45-38(55)37(54)35(52)24(2)65-45)67-44-34(47-25(3)50)41(36(53)32(22-49)68-44)66-31(43(57)48-17-12-18-48)19-26-13-8-6-9-14-26/h24,26-28,30-41,44-45,49,52-55H,5-23H2,1-4H3,(H,46,56)(H,47,50)(H,58,59,60)(H,61,62,63)/t24?,27?,28?,30-,31+,32+,33+,34?,35-,36+,37+,38?,39-,40+,41?,44-,45+/m1/s1. The third-order valence-electron chi connectivity index (χ3n) is 14.4. The van der Waals surface area contributed by atoms with Crippen molar-refractivity contribution < 1.29 is 107 Å². The summed E-state index contributed by atoms with van der Waals surface area (Å²) in [6.07, 6.45) is -12.8.